The summed E-state index contributed by atoms with van der Waals surface area (Å²) in [5.41, 5.74) is 0.278. The first-order chi connectivity index (χ1) is 7.15. The van der Waals surface area contributed by atoms with Gasteiger partial charge in [0.15, 0.2) is 0 Å². The molecule has 1 aromatic rings. The van der Waals surface area contributed by atoms with Crippen molar-refractivity contribution in [3.8, 4) is 12.3 Å². The average molecular weight is 285 g/mol. The summed E-state index contributed by atoms with van der Waals surface area (Å²) in [6, 6.07) is 5.26. The number of carboxylic acid groups (broad SMARTS) is 1. The summed E-state index contributed by atoms with van der Waals surface area (Å²) in [6.07, 6.45) is 5.81. The molecule has 0 fully saturated rings. The molecule has 1 aromatic carbocycles. The van der Waals surface area contributed by atoms with Crippen molar-refractivity contribution in [1.29, 1.82) is 0 Å². The summed E-state index contributed by atoms with van der Waals surface area (Å²) in [7, 11) is 0. The molecule has 0 unspecified atom stereocenters. The zero-order valence-corrected chi connectivity index (χ0v) is 10.3. The third kappa shape index (κ3) is 3.61. The minimum absolute atomic E-state index is 0.278. The lowest BCUT2D eigenvalue weighted by Gasteiger charge is -2.03. The van der Waals surface area contributed by atoms with Crippen molar-refractivity contribution in [3.05, 3.63) is 28.2 Å². The lowest BCUT2D eigenvalue weighted by Crippen LogP contribution is -1.97. The Morgan fingerprint density at radius 3 is 2.93 bits per heavy atom. The van der Waals surface area contributed by atoms with Gasteiger partial charge in [-0.3, -0.25) is 0 Å². The molecule has 0 radical (unpaired) electrons. The largest absolute Gasteiger partial charge is 0.478 e. The number of halogens is 1. The Morgan fingerprint density at radius 1 is 1.60 bits per heavy atom. The van der Waals surface area contributed by atoms with Crippen molar-refractivity contribution >= 4 is 33.7 Å². The average Bonchev–Trinajstić information content (AvgIpc) is 2.20. The van der Waals surface area contributed by atoms with Crippen LogP contribution < -0.4 is 0 Å². The highest BCUT2D eigenvalue weighted by Gasteiger charge is 2.08. The van der Waals surface area contributed by atoms with E-state index in [1.165, 1.54) is 0 Å². The van der Waals surface area contributed by atoms with Crippen LogP contribution in [-0.2, 0) is 0 Å². The molecule has 0 aliphatic heterocycles. The van der Waals surface area contributed by atoms with E-state index in [2.05, 4.69) is 21.9 Å². The van der Waals surface area contributed by atoms with Gasteiger partial charge in [-0.15, -0.1) is 24.1 Å². The number of carbonyl (C=O) groups is 1. The molecule has 0 bridgehead atoms. The number of rotatable bonds is 4. The van der Waals surface area contributed by atoms with Gasteiger partial charge in [-0.2, -0.15) is 0 Å². The summed E-state index contributed by atoms with van der Waals surface area (Å²) in [5.74, 6) is 2.41. The predicted molar refractivity (Wildman–Crippen MR) is 65.3 cm³/mol. The first kappa shape index (κ1) is 12.2. The molecule has 0 aliphatic carbocycles. The van der Waals surface area contributed by atoms with Crippen molar-refractivity contribution in [3.63, 3.8) is 0 Å². The van der Waals surface area contributed by atoms with Crippen LogP contribution in [0.5, 0.6) is 0 Å². The maximum Gasteiger partial charge on any atom is 0.336 e. The Balaban J connectivity index is 2.79. The molecule has 0 spiro atoms. The zero-order valence-electron chi connectivity index (χ0n) is 7.87. The fraction of sp³-hybridized carbons (Fsp3) is 0.182. The number of aromatic carboxylic acids is 1. The van der Waals surface area contributed by atoms with Crippen LogP contribution in [0.25, 0.3) is 0 Å². The predicted octanol–water partition coefficient (Wildman–Crippen LogP) is 3.26. The Bertz CT molecular complexity index is 410. The summed E-state index contributed by atoms with van der Waals surface area (Å²) in [6.45, 7) is 0. The van der Waals surface area contributed by atoms with E-state index in [0.29, 0.717) is 10.9 Å². The summed E-state index contributed by atoms with van der Waals surface area (Å²) < 4.78 is 0.594. The van der Waals surface area contributed by atoms with Crippen LogP contribution >= 0.6 is 27.7 Å². The van der Waals surface area contributed by atoms with Gasteiger partial charge in [0, 0.05) is 21.5 Å². The van der Waals surface area contributed by atoms with Gasteiger partial charge in [-0.1, -0.05) is 0 Å². The van der Waals surface area contributed by atoms with Gasteiger partial charge in [0.05, 0.1) is 5.56 Å². The summed E-state index contributed by atoms with van der Waals surface area (Å²) in [4.78, 5) is 11.8. The highest BCUT2D eigenvalue weighted by Crippen LogP contribution is 2.25. The van der Waals surface area contributed by atoms with Crippen molar-refractivity contribution in [1.82, 2.24) is 0 Å². The summed E-state index contributed by atoms with van der Waals surface area (Å²) in [5, 5.41) is 8.89. The number of hydrogen-bond acceptors (Lipinski definition) is 2. The molecule has 0 heterocycles. The molecule has 0 saturated heterocycles. The Hall–Kier alpha value is -0.920. The van der Waals surface area contributed by atoms with Crippen LogP contribution in [-0.4, -0.2) is 16.8 Å². The van der Waals surface area contributed by atoms with Gasteiger partial charge in [0.25, 0.3) is 0 Å². The van der Waals surface area contributed by atoms with Gasteiger partial charge in [-0.05, 0) is 34.1 Å². The Morgan fingerprint density at radius 2 is 2.33 bits per heavy atom. The lowest BCUT2D eigenvalue weighted by atomic mass is 10.2. The quantitative estimate of drug-likeness (QED) is 0.524. The lowest BCUT2D eigenvalue weighted by molar-refractivity contribution is 0.0695. The van der Waals surface area contributed by atoms with Crippen molar-refractivity contribution in [2.24, 2.45) is 0 Å². The van der Waals surface area contributed by atoms with E-state index < -0.39 is 5.97 Å². The molecule has 0 amide bonds. The molecule has 0 aliphatic rings. The number of terminal acetylenes is 1. The molecular formula is C11H9BrO2S. The molecule has 15 heavy (non-hydrogen) atoms. The highest BCUT2D eigenvalue weighted by atomic mass is 79.9. The number of carboxylic acids is 1. The number of benzene rings is 1. The fourth-order valence-electron chi connectivity index (χ4n) is 0.986. The first-order valence-electron chi connectivity index (χ1n) is 4.24. The second-order valence-corrected chi connectivity index (χ2v) is 4.77. The monoisotopic (exact) mass is 284 g/mol. The van der Waals surface area contributed by atoms with Crippen LogP contribution in [0.3, 0.4) is 0 Å². The normalized spacial score (nSPS) is 9.60. The van der Waals surface area contributed by atoms with Crippen LogP contribution in [0, 0.1) is 12.3 Å². The van der Waals surface area contributed by atoms with Crippen LogP contribution in [0.2, 0.25) is 0 Å². The van der Waals surface area contributed by atoms with Crippen molar-refractivity contribution in [2.75, 3.05) is 5.75 Å². The minimum Gasteiger partial charge on any atom is -0.478 e. The minimum atomic E-state index is -0.929. The maximum atomic E-state index is 10.8. The molecule has 0 atom stereocenters. The van der Waals surface area contributed by atoms with E-state index in [1.807, 2.05) is 6.07 Å². The molecule has 1 N–H and O–H groups in total. The zero-order chi connectivity index (χ0) is 11.3. The van der Waals surface area contributed by atoms with Gasteiger partial charge < -0.3 is 5.11 Å². The smallest absolute Gasteiger partial charge is 0.336 e. The standard InChI is InChI=1S/C11H9BrO2S/c1-2-3-6-15-8-4-5-10(12)9(7-8)11(13)14/h1,4-5,7H,3,6H2,(H,13,14). The van der Waals surface area contributed by atoms with E-state index in [9.17, 15) is 4.79 Å². The molecular weight excluding hydrogens is 276 g/mol. The molecule has 4 heteroatoms. The molecule has 0 saturated carbocycles. The van der Waals surface area contributed by atoms with E-state index >= 15 is 0 Å². The topological polar surface area (TPSA) is 37.3 Å². The second-order valence-electron chi connectivity index (χ2n) is 2.75. The third-order valence-electron chi connectivity index (χ3n) is 1.68. The molecule has 0 aromatic heterocycles. The highest BCUT2D eigenvalue weighted by molar-refractivity contribution is 9.10. The van der Waals surface area contributed by atoms with E-state index in [-0.39, 0.29) is 5.56 Å². The van der Waals surface area contributed by atoms with E-state index in [4.69, 9.17) is 11.5 Å². The molecule has 78 valence electrons. The van der Waals surface area contributed by atoms with Crippen LogP contribution in [0.1, 0.15) is 16.8 Å². The number of hydrogen-bond donors (Lipinski definition) is 1. The second kappa shape index (κ2) is 5.84. The third-order valence-corrected chi connectivity index (χ3v) is 3.37. The maximum absolute atomic E-state index is 10.8. The molecule has 2 nitrogen and oxygen atoms in total. The number of thioether (sulfide) groups is 1. The first-order valence-corrected chi connectivity index (χ1v) is 6.02. The summed E-state index contributed by atoms with van der Waals surface area (Å²) >= 11 is 4.75. The molecule has 1 rings (SSSR count). The van der Waals surface area contributed by atoms with Gasteiger partial charge in [-0.25, -0.2) is 4.79 Å². The Labute approximate surface area is 101 Å². The van der Waals surface area contributed by atoms with Crippen molar-refractivity contribution in [2.45, 2.75) is 11.3 Å². The van der Waals surface area contributed by atoms with E-state index in [1.54, 1.807) is 23.9 Å². The Kier molecular flexibility index (Phi) is 4.73. The van der Waals surface area contributed by atoms with E-state index in [0.717, 1.165) is 10.6 Å². The SMILES string of the molecule is C#CCCSc1ccc(Br)c(C(=O)O)c1. The van der Waals surface area contributed by atoms with Crippen molar-refractivity contribution < 1.29 is 9.90 Å². The van der Waals surface area contributed by atoms with Gasteiger partial charge >= 0.3 is 5.97 Å². The van der Waals surface area contributed by atoms with Crippen LogP contribution in [0.15, 0.2) is 27.6 Å². The van der Waals surface area contributed by atoms with Crippen LogP contribution in [0.4, 0.5) is 0 Å². The van der Waals surface area contributed by atoms with Gasteiger partial charge in [0.1, 0.15) is 0 Å². The van der Waals surface area contributed by atoms with Gasteiger partial charge in [0.2, 0.25) is 0 Å². The fourth-order valence-corrected chi connectivity index (χ4v) is 2.22.